The molecule has 0 aromatic heterocycles. The van der Waals surface area contributed by atoms with Crippen LogP contribution >= 0.6 is 0 Å². The molecule has 2 aliphatic rings. The zero-order valence-electron chi connectivity index (χ0n) is 16.3. The fraction of sp³-hybridized carbons (Fsp3) is 0.900. The van der Waals surface area contributed by atoms with Crippen molar-refractivity contribution in [3.63, 3.8) is 0 Å². The molecule has 0 spiro atoms. The molecule has 0 saturated carbocycles. The van der Waals surface area contributed by atoms with Crippen LogP contribution in [0, 0.1) is 0 Å². The number of carbonyl (C=O) groups excluding carboxylic acids is 2. The van der Waals surface area contributed by atoms with Crippen molar-refractivity contribution >= 4 is 11.9 Å². The van der Waals surface area contributed by atoms with E-state index in [1.807, 2.05) is 0 Å². The van der Waals surface area contributed by atoms with E-state index in [1.165, 1.54) is 0 Å². The molecule has 0 aliphatic carbocycles. The van der Waals surface area contributed by atoms with Crippen LogP contribution in [0.4, 0.5) is 0 Å². The second kappa shape index (κ2) is 13.9. The highest BCUT2D eigenvalue weighted by Crippen LogP contribution is 2.13. The summed E-state index contributed by atoms with van der Waals surface area (Å²) in [6.07, 6.45) is 8.28. The largest absolute Gasteiger partial charge is 0.463 e. The number of rotatable bonds is 14. The first-order valence-corrected chi connectivity index (χ1v) is 10.4. The normalized spacial score (nSPS) is 22.1. The van der Waals surface area contributed by atoms with Gasteiger partial charge in [-0.15, -0.1) is 0 Å². The van der Waals surface area contributed by atoms with Gasteiger partial charge in [0.15, 0.2) is 0 Å². The summed E-state index contributed by atoms with van der Waals surface area (Å²) in [5.41, 5.74) is 0. The minimum absolute atomic E-state index is 0.0885. The third-order valence-electron chi connectivity index (χ3n) is 4.75. The molecule has 7 heteroatoms. The minimum atomic E-state index is -0.160. The van der Waals surface area contributed by atoms with Crippen LogP contribution in [0.3, 0.4) is 0 Å². The van der Waals surface area contributed by atoms with Gasteiger partial charge in [-0.25, -0.2) is 0 Å². The van der Waals surface area contributed by atoms with Crippen molar-refractivity contribution in [2.45, 2.75) is 76.4 Å². The zero-order valence-corrected chi connectivity index (χ0v) is 16.3. The molecule has 0 bridgehead atoms. The maximum absolute atomic E-state index is 11.6. The Morgan fingerprint density at radius 2 is 1.22 bits per heavy atom. The van der Waals surface area contributed by atoms with Crippen LogP contribution in [0.5, 0.6) is 0 Å². The first-order chi connectivity index (χ1) is 13.2. The smallest absolute Gasteiger partial charge is 0.305 e. The third-order valence-corrected chi connectivity index (χ3v) is 4.75. The van der Waals surface area contributed by atoms with Gasteiger partial charge in [0.05, 0.1) is 12.2 Å². The van der Waals surface area contributed by atoms with Crippen LogP contribution in [-0.2, 0) is 33.3 Å². The lowest BCUT2D eigenvalue weighted by Crippen LogP contribution is -2.17. The van der Waals surface area contributed by atoms with E-state index in [0.717, 1.165) is 64.6 Å². The van der Waals surface area contributed by atoms with Crippen LogP contribution in [-0.4, -0.2) is 63.8 Å². The summed E-state index contributed by atoms with van der Waals surface area (Å²) in [6, 6.07) is 0. The number of unbranched alkanes of at least 4 members (excludes halogenated alkanes) is 2. The van der Waals surface area contributed by atoms with Crippen molar-refractivity contribution in [2.24, 2.45) is 0 Å². The van der Waals surface area contributed by atoms with Crippen LogP contribution in [0.15, 0.2) is 0 Å². The van der Waals surface area contributed by atoms with Crippen molar-refractivity contribution < 1.29 is 33.3 Å². The quantitative estimate of drug-likeness (QED) is 0.335. The summed E-state index contributed by atoms with van der Waals surface area (Å²) in [5, 5.41) is 0. The zero-order chi connectivity index (χ0) is 19.2. The van der Waals surface area contributed by atoms with E-state index in [9.17, 15) is 9.59 Å². The molecule has 2 atom stereocenters. The van der Waals surface area contributed by atoms with Crippen LogP contribution < -0.4 is 0 Å². The number of hydrogen-bond acceptors (Lipinski definition) is 7. The second-order valence-electron chi connectivity index (χ2n) is 7.16. The maximum atomic E-state index is 11.6. The van der Waals surface area contributed by atoms with Gasteiger partial charge < -0.3 is 23.7 Å². The maximum Gasteiger partial charge on any atom is 0.305 e. The van der Waals surface area contributed by atoms with Crippen LogP contribution in [0.25, 0.3) is 0 Å². The summed E-state index contributed by atoms with van der Waals surface area (Å²) < 4.78 is 26.8. The van der Waals surface area contributed by atoms with Gasteiger partial charge in [-0.2, -0.15) is 0 Å². The van der Waals surface area contributed by atoms with Gasteiger partial charge in [0.25, 0.3) is 0 Å². The lowest BCUT2D eigenvalue weighted by Gasteiger charge is -2.10. The van der Waals surface area contributed by atoms with Gasteiger partial charge in [-0.05, 0) is 51.4 Å². The fourth-order valence-electron chi connectivity index (χ4n) is 3.12. The topological polar surface area (TPSA) is 80.3 Å². The standard InChI is InChI=1S/C20H34O7/c21-19(26-15-17-7-5-13-24-17)9-1-3-11-23-12-4-2-10-20(22)27-16-18-8-6-14-25-18/h17-18H,1-16H2. The van der Waals surface area contributed by atoms with E-state index in [-0.39, 0.29) is 24.1 Å². The highest BCUT2D eigenvalue weighted by molar-refractivity contribution is 5.69. The Bertz CT molecular complexity index is 377. The van der Waals surface area contributed by atoms with Gasteiger partial charge in [-0.3, -0.25) is 9.59 Å². The molecule has 0 radical (unpaired) electrons. The summed E-state index contributed by atoms with van der Waals surface area (Å²) in [6.45, 7) is 3.56. The summed E-state index contributed by atoms with van der Waals surface area (Å²) in [7, 11) is 0. The molecule has 156 valence electrons. The number of hydrogen-bond donors (Lipinski definition) is 0. The summed E-state index contributed by atoms with van der Waals surface area (Å²) in [5.74, 6) is -0.320. The van der Waals surface area contributed by atoms with E-state index in [0.29, 0.717) is 39.3 Å². The molecule has 2 saturated heterocycles. The third kappa shape index (κ3) is 10.7. The van der Waals surface area contributed by atoms with Gasteiger partial charge in [-0.1, -0.05) is 0 Å². The fourth-order valence-corrected chi connectivity index (χ4v) is 3.12. The predicted molar refractivity (Wildman–Crippen MR) is 98.4 cm³/mol. The molecule has 0 amide bonds. The van der Waals surface area contributed by atoms with Crippen molar-refractivity contribution in [1.82, 2.24) is 0 Å². The average molecular weight is 386 g/mol. The highest BCUT2D eigenvalue weighted by Gasteiger charge is 2.18. The monoisotopic (exact) mass is 386 g/mol. The molecule has 0 aromatic rings. The molecule has 2 aliphatic heterocycles. The highest BCUT2D eigenvalue weighted by atomic mass is 16.6. The molecule has 0 aromatic carbocycles. The van der Waals surface area contributed by atoms with Gasteiger partial charge >= 0.3 is 11.9 Å². The molecule has 2 rings (SSSR count). The number of ether oxygens (including phenoxy) is 5. The van der Waals surface area contributed by atoms with E-state index >= 15 is 0 Å². The Hall–Kier alpha value is -1.18. The first kappa shape index (κ1) is 22.1. The number of carbonyl (C=O) groups is 2. The SMILES string of the molecule is O=C(CCCCOCCCCC(=O)OCC1CCCO1)OCC1CCCO1. The Morgan fingerprint density at radius 3 is 1.63 bits per heavy atom. The van der Waals surface area contributed by atoms with E-state index in [1.54, 1.807) is 0 Å². The Balaban J connectivity index is 1.30. The molecular weight excluding hydrogens is 352 g/mol. The second-order valence-corrected chi connectivity index (χ2v) is 7.16. The Morgan fingerprint density at radius 1 is 0.741 bits per heavy atom. The molecule has 7 nitrogen and oxygen atoms in total. The van der Waals surface area contributed by atoms with Gasteiger partial charge in [0, 0.05) is 39.3 Å². The van der Waals surface area contributed by atoms with Gasteiger partial charge in [0.1, 0.15) is 13.2 Å². The minimum Gasteiger partial charge on any atom is -0.463 e. The Labute approximate surface area is 162 Å². The van der Waals surface area contributed by atoms with Crippen molar-refractivity contribution in [2.75, 3.05) is 39.6 Å². The van der Waals surface area contributed by atoms with Crippen molar-refractivity contribution in [3.8, 4) is 0 Å². The molecule has 2 unspecified atom stereocenters. The molecular formula is C20H34O7. The molecule has 0 N–H and O–H groups in total. The number of esters is 2. The predicted octanol–water partition coefficient (Wildman–Crippen LogP) is 2.79. The average Bonchev–Trinajstić information content (AvgIpc) is 3.37. The van der Waals surface area contributed by atoms with Crippen molar-refractivity contribution in [3.05, 3.63) is 0 Å². The van der Waals surface area contributed by atoms with Crippen molar-refractivity contribution in [1.29, 1.82) is 0 Å². The Kier molecular flexibility index (Phi) is 11.4. The van der Waals surface area contributed by atoms with E-state index < -0.39 is 0 Å². The molecule has 2 fully saturated rings. The molecule has 2 heterocycles. The first-order valence-electron chi connectivity index (χ1n) is 10.4. The lowest BCUT2D eigenvalue weighted by atomic mass is 10.2. The molecule has 27 heavy (non-hydrogen) atoms. The summed E-state index contributed by atoms with van der Waals surface area (Å²) in [4.78, 5) is 23.2. The van der Waals surface area contributed by atoms with Crippen LogP contribution in [0.1, 0.15) is 64.2 Å². The van der Waals surface area contributed by atoms with Crippen LogP contribution in [0.2, 0.25) is 0 Å². The summed E-state index contributed by atoms with van der Waals surface area (Å²) >= 11 is 0. The van der Waals surface area contributed by atoms with E-state index in [4.69, 9.17) is 23.7 Å². The lowest BCUT2D eigenvalue weighted by molar-refractivity contribution is -0.147. The van der Waals surface area contributed by atoms with Gasteiger partial charge in [0.2, 0.25) is 0 Å². The van der Waals surface area contributed by atoms with E-state index in [2.05, 4.69) is 0 Å².